The first-order valence-electron chi connectivity index (χ1n) is 9.64. The lowest BCUT2D eigenvalue weighted by molar-refractivity contribution is -0.119. The van der Waals surface area contributed by atoms with Crippen LogP contribution in [0.4, 0.5) is 0 Å². The summed E-state index contributed by atoms with van der Waals surface area (Å²) in [5.41, 5.74) is 4.69. The van der Waals surface area contributed by atoms with Crippen molar-refractivity contribution in [3.63, 3.8) is 0 Å². The quantitative estimate of drug-likeness (QED) is 0.865. The zero-order chi connectivity index (χ0) is 18.5. The molecular formula is C21H30N4O. The van der Waals surface area contributed by atoms with Crippen LogP contribution >= 0.6 is 0 Å². The number of carbonyl (C=O) groups is 1. The Labute approximate surface area is 156 Å². The fourth-order valence-corrected chi connectivity index (χ4v) is 3.95. The summed E-state index contributed by atoms with van der Waals surface area (Å²) in [6.45, 7) is 8.54. The molecule has 1 aromatic heterocycles. The molecule has 1 aliphatic heterocycles. The maximum absolute atomic E-state index is 11.2. The maximum atomic E-state index is 11.2. The molecule has 5 heteroatoms. The SMILES string of the molecule is CC(=O)NCC[C@@H]1CCCCN1Cc1ccccc1-n1nc(C)cc1C. The van der Waals surface area contributed by atoms with E-state index < -0.39 is 0 Å². The van der Waals surface area contributed by atoms with Crippen LogP contribution in [0.5, 0.6) is 0 Å². The number of aromatic nitrogens is 2. The minimum absolute atomic E-state index is 0.0576. The third-order valence-electron chi connectivity index (χ3n) is 5.20. The summed E-state index contributed by atoms with van der Waals surface area (Å²) in [5, 5.41) is 7.62. The normalized spacial score (nSPS) is 18.0. The summed E-state index contributed by atoms with van der Waals surface area (Å²) in [6, 6.07) is 11.2. The van der Waals surface area contributed by atoms with Gasteiger partial charge in [0, 0.05) is 31.7 Å². The number of para-hydroxylation sites is 1. The van der Waals surface area contributed by atoms with E-state index in [1.807, 2.05) is 6.92 Å². The lowest BCUT2D eigenvalue weighted by Crippen LogP contribution is -2.41. The van der Waals surface area contributed by atoms with Crippen molar-refractivity contribution in [3.8, 4) is 5.69 Å². The van der Waals surface area contributed by atoms with E-state index in [0.29, 0.717) is 6.04 Å². The minimum Gasteiger partial charge on any atom is -0.356 e. The summed E-state index contributed by atoms with van der Waals surface area (Å²) in [7, 11) is 0. The third kappa shape index (κ3) is 4.52. The molecule has 1 aromatic carbocycles. The van der Waals surface area contributed by atoms with Gasteiger partial charge in [-0.05, 0) is 57.4 Å². The fraction of sp³-hybridized carbons (Fsp3) is 0.524. The van der Waals surface area contributed by atoms with E-state index in [-0.39, 0.29) is 5.91 Å². The van der Waals surface area contributed by atoms with Gasteiger partial charge in [0.1, 0.15) is 0 Å². The van der Waals surface area contributed by atoms with Crippen molar-refractivity contribution < 1.29 is 4.79 Å². The molecular weight excluding hydrogens is 324 g/mol. The smallest absolute Gasteiger partial charge is 0.216 e. The molecule has 3 rings (SSSR count). The first-order chi connectivity index (χ1) is 12.5. The number of nitrogens with zero attached hydrogens (tertiary/aromatic N) is 3. The number of aryl methyl sites for hydroxylation is 2. The highest BCUT2D eigenvalue weighted by Crippen LogP contribution is 2.25. The van der Waals surface area contributed by atoms with Crippen LogP contribution in [0, 0.1) is 13.8 Å². The maximum Gasteiger partial charge on any atom is 0.216 e. The van der Waals surface area contributed by atoms with Crippen LogP contribution in [0.3, 0.4) is 0 Å². The summed E-state index contributed by atoms with van der Waals surface area (Å²) in [6.07, 6.45) is 4.75. The average Bonchev–Trinajstić information content (AvgIpc) is 2.95. The van der Waals surface area contributed by atoms with E-state index in [4.69, 9.17) is 0 Å². The van der Waals surface area contributed by atoms with Gasteiger partial charge in [0.15, 0.2) is 0 Å². The Morgan fingerprint density at radius 1 is 1.27 bits per heavy atom. The van der Waals surface area contributed by atoms with E-state index >= 15 is 0 Å². The number of carbonyl (C=O) groups excluding carboxylic acids is 1. The van der Waals surface area contributed by atoms with Gasteiger partial charge >= 0.3 is 0 Å². The first kappa shape index (κ1) is 18.6. The van der Waals surface area contributed by atoms with Crippen molar-refractivity contribution in [2.45, 2.75) is 59.0 Å². The van der Waals surface area contributed by atoms with Gasteiger partial charge in [0.2, 0.25) is 5.91 Å². The molecule has 1 fully saturated rings. The molecule has 1 saturated heterocycles. The summed E-state index contributed by atoms with van der Waals surface area (Å²) in [4.78, 5) is 13.7. The molecule has 0 aliphatic carbocycles. The molecule has 0 saturated carbocycles. The molecule has 0 radical (unpaired) electrons. The highest BCUT2D eigenvalue weighted by molar-refractivity contribution is 5.72. The van der Waals surface area contributed by atoms with Gasteiger partial charge in [-0.2, -0.15) is 5.10 Å². The number of nitrogens with one attached hydrogen (secondary N) is 1. The van der Waals surface area contributed by atoms with Crippen LogP contribution in [0.2, 0.25) is 0 Å². The van der Waals surface area contributed by atoms with Crippen LogP contribution in [-0.2, 0) is 11.3 Å². The molecule has 1 N–H and O–H groups in total. The summed E-state index contributed by atoms with van der Waals surface area (Å²) >= 11 is 0. The van der Waals surface area contributed by atoms with Crippen molar-refractivity contribution in [1.82, 2.24) is 20.0 Å². The molecule has 140 valence electrons. The van der Waals surface area contributed by atoms with E-state index in [1.54, 1.807) is 6.92 Å². The molecule has 5 nitrogen and oxygen atoms in total. The molecule has 1 aliphatic rings. The van der Waals surface area contributed by atoms with E-state index in [9.17, 15) is 4.79 Å². The predicted octanol–water partition coefficient (Wildman–Crippen LogP) is 3.37. The zero-order valence-corrected chi connectivity index (χ0v) is 16.2. The van der Waals surface area contributed by atoms with Gasteiger partial charge in [0.05, 0.1) is 11.4 Å². The highest BCUT2D eigenvalue weighted by atomic mass is 16.1. The number of piperidine rings is 1. The van der Waals surface area contributed by atoms with Gasteiger partial charge in [0.25, 0.3) is 0 Å². The van der Waals surface area contributed by atoms with Gasteiger partial charge in [-0.3, -0.25) is 9.69 Å². The van der Waals surface area contributed by atoms with Crippen molar-refractivity contribution in [3.05, 3.63) is 47.3 Å². The van der Waals surface area contributed by atoms with E-state index in [1.165, 1.54) is 30.5 Å². The molecule has 1 amide bonds. The van der Waals surface area contributed by atoms with Gasteiger partial charge in [-0.15, -0.1) is 0 Å². The van der Waals surface area contributed by atoms with Gasteiger partial charge in [-0.1, -0.05) is 24.6 Å². The standard InChI is InChI=1S/C21H30N4O/c1-16-14-17(2)25(23-16)21-10-5-4-8-19(21)15-24-13-7-6-9-20(24)11-12-22-18(3)26/h4-5,8,10,14,20H,6-7,9,11-13,15H2,1-3H3,(H,22,26)/t20-/m0/s1. The average molecular weight is 354 g/mol. The minimum atomic E-state index is 0.0576. The molecule has 0 unspecified atom stereocenters. The summed E-state index contributed by atoms with van der Waals surface area (Å²) in [5.74, 6) is 0.0576. The largest absolute Gasteiger partial charge is 0.356 e. The van der Waals surface area contributed by atoms with Gasteiger partial charge < -0.3 is 5.32 Å². The van der Waals surface area contributed by atoms with Crippen molar-refractivity contribution in [2.75, 3.05) is 13.1 Å². The Morgan fingerprint density at radius 2 is 2.08 bits per heavy atom. The topological polar surface area (TPSA) is 50.2 Å². The van der Waals surface area contributed by atoms with Crippen LogP contribution in [-0.4, -0.2) is 39.7 Å². The first-order valence-corrected chi connectivity index (χ1v) is 9.64. The van der Waals surface area contributed by atoms with Crippen LogP contribution < -0.4 is 5.32 Å². The van der Waals surface area contributed by atoms with Gasteiger partial charge in [-0.25, -0.2) is 4.68 Å². The Hall–Kier alpha value is -2.14. The number of hydrogen-bond acceptors (Lipinski definition) is 3. The molecule has 2 heterocycles. The number of likely N-dealkylation sites (tertiary alicyclic amines) is 1. The monoisotopic (exact) mass is 354 g/mol. The number of rotatable bonds is 6. The number of hydrogen-bond donors (Lipinski definition) is 1. The van der Waals surface area contributed by atoms with Crippen molar-refractivity contribution >= 4 is 5.91 Å². The molecule has 0 bridgehead atoms. The molecule has 0 spiro atoms. The lowest BCUT2D eigenvalue weighted by Gasteiger charge is -2.36. The zero-order valence-electron chi connectivity index (χ0n) is 16.2. The lowest BCUT2D eigenvalue weighted by atomic mass is 9.98. The van der Waals surface area contributed by atoms with Crippen LogP contribution in [0.1, 0.15) is 49.6 Å². The van der Waals surface area contributed by atoms with Crippen LogP contribution in [0.15, 0.2) is 30.3 Å². The Balaban J connectivity index is 1.76. The number of amides is 1. The highest BCUT2D eigenvalue weighted by Gasteiger charge is 2.23. The van der Waals surface area contributed by atoms with Crippen molar-refractivity contribution in [1.29, 1.82) is 0 Å². The Morgan fingerprint density at radius 3 is 2.81 bits per heavy atom. The third-order valence-corrected chi connectivity index (χ3v) is 5.20. The second-order valence-corrected chi connectivity index (χ2v) is 7.36. The predicted molar refractivity (Wildman–Crippen MR) is 104 cm³/mol. The van der Waals surface area contributed by atoms with E-state index in [0.717, 1.165) is 37.4 Å². The fourth-order valence-electron chi connectivity index (χ4n) is 3.95. The second-order valence-electron chi connectivity index (χ2n) is 7.36. The van der Waals surface area contributed by atoms with Crippen molar-refractivity contribution in [2.24, 2.45) is 0 Å². The van der Waals surface area contributed by atoms with Crippen LogP contribution in [0.25, 0.3) is 5.69 Å². The molecule has 26 heavy (non-hydrogen) atoms. The number of benzene rings is 1. The second kappa shape index (κ2) is 8.49. The molecule has 1 atom stereocenters. The Bertz CT molecular complexity index is 752. The van der Waals surface area contributed by atoms with E-state index in [2.05, 4.69) is 57.3 Å². The molecule has 2 aromatic rings. The Kier molecular flexibility index (Phi) is 6.09. The summed E-state index contributed by atoms with van der Waals surface area (Å²) < 4.78 is 2.06.